The average Bonchev–Trinajstić information content (AvgIpc) is 2.65. The van der Waals surface area contributed by atoms with Gasteiger partial charge in [0.25, 0.3) is 0 Å². The normalized spacial score (nSPS) is 12.7. The lowest BCUT2D eigenvalue weighted by atomic mass is 10.1. The highest BCUT2D eigenvalue weighted by Gasteiger charge is 2.10. The molecule has 0 unspecified atom stereocenters. The first-order chi connectivity index (χ1) is 6.79. The lowest BCUT2D eigenvalue weighted by Gasteiger charge is -2.12. The van der Waals surface area contributed by atoms with E-state index in [9.17, 15) is 0 Å². The van der Waals surface area contributed by atoms with E-state index < -0.39 is 0 Å². The molecule has 0 aliphatic carbocycles. The molecule has 0 bridgehead atoms. The van der Waals surface area contributed by atoms with Crippen LogP contribution in [0.25, 0.3) is 0 Å². The molecule has 1 aromatic carbocycles. The lowest BCUT2D eigenvalue weighted by molar-refractivity contribution is 0.747. The third-order valence-corrected chi connectivity index (χ3v) is 2.46. The molecule has 0 spiro atoms. The molecule has 1 atom stereocenters. The van der Waals surface area contributed by atoms with E-state index in [1.54, 1.807) is 0 Å². The van der Waals surface area contributed by atoms with Crippen molar-refractivity contribution in [3.63, 3.8) is 0 Å². The molecule has 0 fully saturated rings. The van der Waals surface area contributed by atoms with E-state index in [4.69, 9.17) is 5.73 Å². The van der Waals surface area contributed by atoms with Gasteiger partial charge in [0.1, 0.15) is 0 Å². The summed E-state index contributed by atoms with van der Waals surface area (Å²) >= 11 is 0. The Hall–Kier alpha value is -1.54. The van der Waals surface area contributed by atoms with E-state index in [0.29, 0.717) is 0 Å². The second-order valence-corrected chi connectivity index (χ2v) is 3.43. The van der Waals surface area contributed by atoms with Gasteiger partial charge in [-0.3, -0.25) is 0 Å². The summed E-state index contributed by atoms with van der Waals surface area (Å²) in [5, 5.41) is 0. The van der Waals surface area contributed by atoms with Gasteiger partial charge in [-0.15, -0.1) is 0 Å². The van der Waals surface area contributed by atoms with Crippen LogP contribution in [0, 0.1) is 0 Å². The van der Waals surface area contributed by atoms with Crippen LogP contribution in [-0.4, -0.2) is 4.57 Å². The summed E-state index contributed by atoms with van der Waals surface area (Å²) in [5.74, 6) is 0. The van der Waals surface area contributed by atoms with Crippen molar-refractivity contribution in [3.05, 3.63) is 59.9 Å². The van der Waals surface area contributed by atoms with Crippen LogP contribution in [0.2, 0.25) is 0 Å². The number of aryl methyl sites for hydroxylation is 1. The number of benzene rings is 1. The minimum atomic E-state index is -0.0313. The molecule has 2 nitrogen and oxygen atoms in total. The largest absolute Gasteiger partial charge is 0.353 e. The van der Waals surface area contributed by atoms with E-state index >= 15 is 0 Å². The smallest absolute Gasteiger partial charge is 0.0706 e. The van der Waals surface area contributed by atoms with Crippen molar-refractivity contribution < 1.29 is 0 Å². The van der Waals surface area contributed by atoms with E-state index in [1.807, 2.05) is 37.5 Å². The van der Waals surface area contributed by atoms with Gasteiger partial charge in [0.15, 0.2) is 0 Å². The summed E-state index contributed by atoms with van der Waals surface area (Å²) in [6, 6.07) is 14.2. The van der Waals surface area contributed by atoms with Crippen molar-refractivity contribution in [2.75, 3.05) is 0 Å². The van der Waals surface area contributed by atoms with E-state index in [0.717, 1.165) is 11.3 Å². The maximum atomic E-state index is 6.14. The van der Waals surface area contributed by atoms with Crippen molar-refractivity contribution in [2.45, 2.75) is 6.04 Å². The standard InChI is InChI=1S/C12H14N2/c1-14-9-5-8-11(14)12(13)10-6-3-2-4-7-10/h2-9,12H,13H2,1H3/t12-/m1/s1. The van der Waals surface area contributed by atoms with Gasteiger partial charge in [-0.1, -0.05) is 30.3 Å². The Kier molecular flexibility index (Phi) is 2.37. The minimum Gasteiger partial charge on any atom is -0.353 e. The zero-order valence-corrected chi connectivity index (χ0v) is 8.22. The Labute approximate surface area is 84.0 Å². The Morgan fingerprint density at radius 2 is 1.79 bits per heavy atom. The second-order valence-electron chi connectivity index (χ2n) is 3.43. The highest BCUT2D eigenvalue weighted by Crippen LogP contribution is 2.18. The third kappa shape index (κ3) is 1.56. The molecule has 72 valence electrons. The Balaban J connectivity index is 2.34. The molecule has 2 aromatic rings. The number of aromatic nitrogens is 1. The van der Waals surface area contributed by atoms with Crippen LogP contribution in [0.5, 0.6) is 0 Å². The van der Waals surface area contributed by atoms with Crippen LogP contribution in [-0.2, 0) is 7.05 Å². The van der Waals surface area contributed by atoms with E-state index in [2.05, 4.69) is 22.8 Å². The highest BCUT2D eigenvalue weighted by atomic mass is 14.9. The molecule has 0 aliphatic rings. The predicted molar refractivity (Wildman–Crippen MR) is 57.9 cm³/mol. The first kappa shape index (κ1) is 9.03. The molecule has 1 aromatic heterocycles. The van der Waals surface area contributed by atoms with Crippen molar-refractivity contribution in [2.24, 2.45) is 12.8 Å². The van der Waals surface area contributed by atoms with Crippen molar-refractivity contribution >= 4 is 0 Å². The fraction of sp³-hybridized carbons (Fsp3) is 0.167. The molecular formula is C12H14N2. The monoisotopic (exact) mass is 186 g/mol. The van der Waals surface area contributed by atoms with Crippen LogP contribution in [0.1, 0.15) is 17.3 Å². The second kappa shape index (κ2) is 3.68. The van der Waals surface area contributed by atoms with Crippen molar-refractivity contribution in [3.8, 4) is 0 Å². The van der Waals surface area contributed by atoms with Crippen LogP contribution >= 0.6 is 0 Å². The summed E-state index contributed by atoms with van der Waals surface area (Å²) < 4.78 is 2.05. The predicted octanol–water partition coefficient (Wildman–Crippen LogP) is 2.07. The number of nitrogens with zero attached hydrogens (tertiary/aromatic N) is 1. The first-order valence-corrected chi connectivity index (χ1v) is 4.71. The van der Waals surface area contributed by atoms with Crippen LogP contribution in [0.4, 0.5) is 0 Å². The molecule has 0 saturated carbocycles. The van der Waals surface area contributed by atoms with Gasteiger partial charge in [0, 0.05) is 18.9 Å². The van der Waals surface area contributed by atoms with Gasteiger partial charge in [0.05, 0.1) is 6.04 Å². The minimum absolute atomic E-state index is 0.0313. The summed E-state index contributed by atoms with van der Waals surface area (Å²) in [7, 11) is 2.01. The molecule has 2 rings (SSSR count). The average molecular weight is 186 g/mol. The van der Waals surface area contributed by atoms with Gasteiger partial charge in [-0.2, -0.15) is 0 Å². The summed E-state index contributed by atoms with van der Waals surface area (Å²) in [5.41, 5.74) is 8.42. The molecule has 0 saturated heterocycles. The summed E-state index contributed by atoms with van der Waals surface area (Å²) in [6.45, 7) is 0. The molecule has 0 aliphatic heterocycles. The van der Waals surface area contributed by atoms with Crippen LogP contribution in [0.15, 0.2) is 48.7 Å². The van der Waals surface area contributed by atoms with Crippen LogP contribution < -0.4 is 5.73 Å². The molecule has 0 amide bonds. The van der Waals surface area contributed by atoms with Gasteiger partial charge < -0.3 is 10.3 Å². The summed E-state index contributed by atoms with van der Waals surface area (Å²) in [4.78, 5) is 0. The molecule has 1 heterocycles. The van der Waals surface area contributed by atoms with Gasteiger partial charge in [-0.25, -0.2) is 0 Å². The lowest BCUT2D eigenvalue weighted by Crippen LogP contribution is -2.14. The first-order valence-electron chi connectivity index (χ1n) is 4.71. The maximum absolute atomic E-state index is 6.14. The Bertz CT molecular complexity index is 403. The van der Waals surface area contributed by atoms with Gasteiger partial charge in [0.2, 0.25) is 0 Å². The zero-order valence-electron chi connectivity index (χ0n) is 8.22. The van der Waals surface area contributed by atoms with Gasteiger partial charge in [-0.05, 0) is 17.7 Å². The number of hydrogen-bond donors (Lipinski definition) is 1. The van der Waals surface area contributed by atoms with Crippen molar-refractivity contribution in [1.29, 1.82) is 0 Å². The van der Waals surface area contributed by atoms with Gasteiger partial charge >= 0.3 is 0 Å². The molecule has 14 heavy (non-hydrogen) atoms. The fourth-order valence-corrected chi connectivity index (χ4v) is 1.63. The topological polar surface area (TPSA) is 30.9 Å². The number of rotatable bonds is 2. The number of hydrogen-bond acceptors (Lipinski definition) is 1. The maximum Gasteiger partial charge on any atom is 0.0706 e. The highest BCUT2D eigenvalue weighted by molar-refractivity contribution is 5.27. The number of nitrogens with two attached hydrogens (primary N) is 1. The zero-order chi connectivity index (χ0) is 9.97. The van der Waals surface area contributed by atoms with E-state index in [1.165, 1.54) is 0 Å². The van der Waals surface area contributed by atoms with Crippen LogP contribution in [0.3, 0.4) is 0 Å². The SMILES string of the molecule is Cn1cccc1[C@H](N)c1ccccc1. The third-order valence-electron chi connectivity index (χ3n) is 2.46. The quantitative estimate of drug-likeness (QED) is 0.764. The molecular weight excluding hydrogens is 172 g/mol. The van der Waals surface area contributed by atoms with E-state index in [-0.39, 0.29) is 6.04 Å². The van der Waals surface area contributed by atoms with Crippen molar-refractivity contribution in [1.82, 2.24) is 4.57 Å². The Morgan fingerprint density at radius 1 is 1.07 bits per heavy atom. The molecule has 0 radical (unpaired) electrons. The fourth-order valence-electron chi connectivity index (χ4n) is 1.63. The molecule has 2 N–H and O–H groups in total. The Morgan fingerprint density at radius 3 is 2.36 bits per heavy atom. The molecule has 2 heteroatoms. The summed E-state index contributed by atoms with van der Waals surface area (Å²) in [6.07, 6.45) is 2.01.